The minimum Gasteiger partial charge on any atom is -0.486 e. The summed E-state index contributed by atoms with van der Waals surface area (Å²) in [7, 11) is 0. The Morgan fingerprint density at radius 3 is 2.15 bits per heavy atom. The summed E-state index contributed by atoms with van der Waals surface area (Å²) in [4.78, 5) is 0. The SMILES string of the molecule is C=CCOc1ccc(-c2ccc(-c3ccc(C4COC(C=C)OC4)c(F)c3)cc2)c(F)c1F. The molecular weight excluding hydrogens is 429 g/mol. The molecule has 1 heterocycles. The number of hydrogen-bond acceptors (Lipinski definition) is 3. The Balaban J connectivity index is 1.53. The lowest BCUT2D eigenvalue weighted by Gasteiger charge is -2.28. The molecule has 0 spiro atoms. The standard InChI is InChI=1S/C27H23F3O3/c1-3-13-31-24-12-11-22(26(29)27(24)30)18-7-5-17(6-8-18)19-9-10-21(23(28)14-19)20-15-32-25(4-2)33-16-20/h3-12,14,20,25H,1-2,13,15-16H2. The molecule has 6 heteroatoms. The Bertz CT molecular complexity index is 1150. The van der Waals surface area contributed by atoms with E-state index in [9.17, 15) is 13.2 Å². The van der Waals surface area contributed by atoms with Crippen LogP contribution < -0.4 is 4.74 Å². The van der Waals surface area contributed by atoms with E-state index in [1.54, 1.807) is 36.4 Å². The molecule has 0 amide bonds. The first kappa shape index (κ1) is 22.8. The summed E-state index contributed by atoms with van der Waals surface area (Å²) < 4.78 is 59.8. The van der Waals surface area contributed by atoms with Crippen molar-refractivity contribution in [3.05, 3.63) is 103 Å². The highest BCUT2D eigenvalue weighted by molar-refractivity contribution is 5.71. The van der Waals surface area contributed by atoms with Crippen LogP contribution in [0.2, 0.25) is 0 Å². The van der Waals surface area contributed by atoms with E-state index >= 15 is 0 Å². The predicted molar refractivity (Wildman–Crippen MR) is 122 cm³/mol. The second-order valence-electron chi connectivity index (χ2n) is 7.62. The van der Waals surface area contributed by atoms with E-state index in [1.165, 1.54) is 24.3 Å². The smallest absolute Gasteiger partial charge is 0.201 e. The van der Waals surface area contributed by atoms with Crippen molar-refractivity contribution < 1.29 is 27.4 Å². The first-order valence-electron chi connectivity index (χ1n) is 10.5. The van der Waals surface area contributed by atoms with Gasteiger partial charge in [0.05, 0.1) is 13.2 Å². The summed E-state index contributed by atoms with van der Waals surface area (Å²) >= 11 is 0. The fourth-order valence-corrected chi connectivity index (χ4v) is 3.73. The maximum atomic E-state index is 14.8. The number of ether oxygens (including phenoxy) is 3. The maximum Gasteiger partial charge on any atom is 0.201 e. The third-order valence-corrected chi connectivity index (χ3v) is 5.49. The molecular formula is C27H23F3O3. The summed E-state index contributed by atoms with van der Waals surface area (Å²) in [5.74, 6) is -2.76. The average Bonchev–Trinajstić information content (AvgIpc) is 2.85. The molecule has 33 heavy (non-hydrogen) atoms. The Kier molecular flexibility index (Phi) is 6.96. The topological polar surface area (TPSA) is 27.7 Å². The molecule has 3 nitrogen and oxygen atoms in total. The Morgan fingerprint density at radius 2 is 1.52 bits per heavy atom. The fraction of sp³-hybridized carbons (Fsp3) is 0.185. The number of benzene rings is 3. The molecule has 1 saturated heterocycles. The summed E-state index contributed by atoms with van der Waals surface area (Å²) in [6, 6.07) is 14.7. The van der Waals surface area contributed by atoms with Gasteiger partial charge in [0, 0.05) is 11.5 Å². The minimum absolute atomic E-state index is 0.0793. The Morgan fingerprint density at radius 1 is 0.848 bits per heavy atom. The van der Waals surface area contributed by atoms with E-state index in [4.69, 9.17) is 14.2 Å². The first-order chi connectivity index (χ1) is 16.0. The molecule has 0 saturated carbocycles. The Hall–Kier alpha value is -3.35. The maximum absolute atomic E-state index is 14.8. The number of rotatable bonds is 7. The monoisotopic (exact) mass is 452 g/mol. The minimum atomic E-state index is -1.05. The van der Waals surface area contributed by atoms with Gasteiger partial charge < -0.3 is 14.2 Å². The quantitative estimate of drug-likeness (QED) is 0.376. The van der Waals surface area contributed by atoms with Crippen molar-refractivity contribution in [2.75, 3.05) is 19.8 Å². The average molecular weight is 452 g/mol. The van der Waals surface area contributed by atoms with Crippen LogP contribution in [0.15, 0.2) is 79.9 Å². The number of hydrogen-bond donors (Lipinski definition) is 0. The van der Waals surface area contributed by atoms with Crippen molar-refractivity contribution >= 4 is 0 Å². The van der Waals surface area contributed by atoms with Gasteiger partial charge in [-0.05, 0) is 46.5 Å². The highest BCUT2D eigenvalue weighted by Gasteiger charge is 2.24. The molecule has 4 rings (SSSR count). The van der Waals surface area contributed by atoms with E-state index in [-0.39, 0.29) is 29.7 Å². The van der Waals surface area contributed by atoms with Crippen molar-refractivity contribution in [2.24, 2.45) is 0 Å². The molecule has 0 aliphatic carbocycles. The van der Waals surface area contributed by atoms with Gasteiger partial charge in [0.1, 0.15) is 12.4 Å². The van der Waals surface area contributed by atoms with Gasteiger partial charge >= 0.3 is 0 Å². The highest BCUT2D eigenvalue weighted by atomic mass is 19.2. The van der Waals surface area contributed by atoms with Crippen LogP contribution in [0.5, 0.6) is 5.75 Å². The largest absolute Gasteiger partial charge is 0.486 e. The van der Waals surface area contributed by atoms with Crippen molar-refractivity contribution in [1.29, 1.82) is 0 Å². The van der Waals surface area contributed by atoms with Crippen LogP contribution in [0.1, 0.15) is 11.5 Å². The molecule has 1 aliphatic heterocycles. The zero-order chi connectivity index (χ0) is 23.4. The number of halogens is 3. The van der Waals surface area contributed by atoms with Crippen LogP contribution in [0.4, 0.5) is 13.2 Å². The van der Waals surface area contributed by atoms with E-state index < -0.39 is 17.9 Å². The van der Waals surface area contributed by atoms with Crippen LogP contribution in [0.3, 0.4) is 0 Å². The normalized spacial score (nSPS) is 18.0. The van der Waals surface area contributed by atoms with E-state index in [0.717, 1.165) is 5.56 Å². The fourth-order valence-electron chi connectivity index (χ4n) is 3.73. The molecule has 1 fully saturated rings. The van der Waals surface area contributed by atoms with Crippen molar-refractivity contribution in [1.82, 2.24) is 0 Å². The predicted octanol–water partition coefficient (Wildman–Crippen LogP) is 6.65. The lowest BCUT2D eigenvalue weighted by Crippen LogP contribution is -2.29. The summed E-state index contributed by atoms with van der Waals surface area (Å²) in [6.45, 7) is 7.88. The lowest BCUT2D eigenvalue weighted by molar-refractivity contribution is -0.159. The molecule has 0 N–H and O–H groups in total. The van der Waals surface area contributed by atoms with Crippen LogP contribution in [0, 0.1) is 17.5 Å². The third-order valence-electron chi connectivity index (χ3n) is 5.49. The van der Waals surface area contributed by atoms with Crippen LogP contribution in [-0.4, -0.2) is 26.1 Å². The first-order valence-corrected chi connectivity index (χ1v) is 10.5. The summed E-state index contributed by atoms with van der Waals surface area (Å²) in [5.41, 5.74) is 2.55. The van der Waals surface area contributed by atoms with Crippen molar-refractivity contribution in [3.8, 4) is 28.0 Å². The molecule has 170 valence electrons. The van der Waals surface area contributed by atoms with Gasteiger partial charge in [-0.3, -0.25) is 0 Å². The van der Waals surface area contributed by atoms with E-state index in [1.807, 2.05) is 6.07 Å². The van der Waals surface area contributed by atoms with Crippen LogP contribution in [-0.2, 0) is 9.47 Å². The van der Waals surface area contributed by atoms with E-state index in [0.29, 0.717) is 29.9 Å². The summed E-state index contributed by atoms with van der Waals surface area (Å²) in [5, 5.41) is 0. The van der Waals surface area contributed by atoms with Gasteiger partial charge in [-0.15, -0.1) is 0 Å². The van der Waals surface area contributed by atoms with Crippen molar-refractivity contribution in [2.45, 2.75) is 12.2 Å². The van der Waals surface area contributed by atoms with Crippen molar-refractivity contribution in [3.63, 3.8) is 0 Å². The van der Waals surface area contributed by atoms with Crippen LogP contribution >= 0.6 is 0 Å². The third kappa shape index (κ3) is 4.87. The molecule has 0 aromatic heterocycles. The highest BCUT2D eigenvalue weighted by Crippen LogP contribution is 2.33. The second kappa shape index (κ2) is 10.1. The molecule has 1 aliphatic rings. The molecule has 0 bridgehead atoms. The van der Waals surface area contributed by atoms with Gasteiger partial charge in [0.15, 0.2) is 17.9 Å². The molecule has 3 aromatic carbocycles. The summed E-state index contributed by atoms with van der Waals surface area (Å²) in [6.07, 6.45) is 2.55. The zero-order valence-corrected chi connectivity index (χ0v) is 17.9. The molecule has 0 unspecified atom stereocenters. The van der Waals surface area contributed by atoms with Gasteiger partial charge in [0.25, 0.3) is 0 Å². The molecule has 0 atom stereocenters. The zero-order valence-electron chi connectivity index (χ0n) is 17.9. The molecule has 3 aromatic rings. The second-order valence-corrected chi connectivity index (χ2v) is 7.62. The van der Waals surface area contributed by atoms with Gasteiger partial charge in [0.2, 0.25) is 5.82 Å². The molecule has 0 radical (unpaired) electrons. The van der Waals surface area contributed by atoms with Gasteiger partial charge in [-0.2, -0.15) is 4.39 Å². The van der Waals surface area contributed by atoms with E-state index in [2.05, 4.69) is 13.2 Å². The van der Waals surface area contributed by atoms with Crippen LogP contribution in [0.25, 0.3) is 22.3 Å². The Labute approximate surface area is 190 Å². The van der Waals surface area contributed by atoms with Gasteiger partial charge in [-0.25, -0.2) is 8.78 Å². The van der Waals surface area contributed by atoms with Gasteiger partial charge in [-0.1, -0.05) is 55.6 Å². The lowest BCUT2D eigenvalue weighted by atomic mass is 9.95.